The van der Waals surface area contributed by atoms with Crippen LogP contribution in [0.4, 0.5) is 17.1 Å². The Bertz CT molecular complexity index is 3190. The molecular formula is C52H34N2O. The first kappa shape index (κ1) is 31.2. The lowest BCUT2D eigenvalue weighted by atomic mass is 10.0. The van der Waals surface area contributed by atoms with Gasteiger partial charge in [0.05, 0.1) is 11.0 Å². The fourth-order valence-electron chi connectivity index (χ4n) is 8.36. The van der Waals surface area contributed by atoms with Gasteiger partial charge in [0.2, 0.25) is 0 Å². The number of hydrogen-bond donors (Lipinski definition) is 0. The summed E-state index contributed by atoms with van der Waals surface area (Å²) >= 11 is 0. The minimum Gasteiger partial charge on any atom is -0.456 e. The van der Waals surface area contributed by atoms with Crippen LogP contribution < -0.4 is 4.90 Å². The highest BCUT2D eigenvalue weighted by molar-refractivity contribution is 6.19. The molecule has 0 bridgehead atoms. The summed E-state index contributed by atoms with van der Waals surface area (Å²) in [5, 5.41) is 7.22. The van der Waals surface area contributed by atoms with Crippen molar-refractivity contribution in [3.8, 4) is 27.9 Å². The Labute approximate surface area is 318 Å². The lowest BCUT2D eigenvalue weighted by Gasteiger charge is -2.26. The maximum Gasteiger partial charge on any atom is 0.135 e. The number of nitrogens with zero attached hydrogens (tertiary/aromatic N) is 2. The summed E-state index contributed by atoms with van der Waals surface area (Å²) in [5.41, 5.74) is 13.3. The maximum atomic E-state index is 6.23. The van der Waals surface area contributed by atoms with E-state index in [4.69, 9.17) is 4.42 Å². The van der Waals surface area contributed by atoms with Crippen LogP contribution in [-0.4, -0.2) is 4.57 Å². The normalized spacial score (nSPS) is 11.6. The molecule has 0 radical (unpaired) electrons. The van der Waals surface area contributed by atoms with Gasteiger partial charge in [-0.2, -0.15) is 0 Å². The van der Waals surface area contributed by atoms with Crippen molar-refractivity contribution in [2.45, 2.75) is 0 Å². The van der Waals surface area contributed by atoms with Gasteiger partial charge < -0.3 is 13.9 Å². The number of benzene rings is 9. The van der Waals surface area contributed by atoms with Gasteiger partial charge in [-0.05, 0) is 94.4 Å². The molecule has 0 atom stereocenters. The average Bonchev–Trinajstić information content (AvgIpc) is 3.80. The van der Waals surface area contributed by atoms with Gasteiger partial charge in [0.1, 0.15) is 11.2 Å². The molecule has 0 aliphatic heterocycles. The van der Waals surface area contributed by atoms with E-state index < -0.39 is 0 Å². The summed E-state index contributed by atoms with van der Waals surface area (Å²) < 4.78 is 8.66. The van der Waals surface area contributed by atoms with Gasteiger partial charge in [0.15, 0.2) is 0 Å². The van der Waals surface area contributed by atoms with Crippen molar-refractivity contribution in [3.05, 3.63) is 206 Å². The van der Waals surface area contributed by atoms with Crippen LogP contribution in [-0.2, 0) is 0 Å². The Kier molecular flexibility index (Phi) is 7.17. The minimum absolute atomic E-state index is 0.884. The maximum absolute atomic E-state index is 6.23. The Morgan fingerprint density at radius 1 is 0.345 bits per heavy atom. The predicted molar refractivity (Wildman–Crippen MR) is 231 cm³/mol. The van der Waals surface area contributed by atoms with Crippen LogP contribution in [0.25, 0.3) is 82.5 Å². The molecule has 0 amide bonds. The summed E-state index contributed by atoms with van der Waals surface area (Å²) in [4.78, 5) is 2.35. The Morgan fingerprint density at radius 2 is 0.964 bits per heavy atom. The molecule has 0 saturated carbocycles. The number of anilines is 3. The quantitative estimate of drug-likeness (QED) is 0.172. The van der Waals surface area contributed by atoms with E-state index in [2.05, 4.69) is 204 Å². The molecule has 2 aromatic heterocycles. The smallest absolute Gasteiger partial charge is 0.135 e. The summed E-state index contributed by atoms with van der Waals surface area (Å²) in [6.45, 7) is 0. The summed E-state index contributed by atoms with van der Waals surface area (Å²) in [5.74, 6) is 0. The van der Waals surface area contributed by atoms with Crippen molar-refractivity contribution in [3.63, 3.8) is 0 Å². The van der Waals surface area contributed by atoms with Gasteiger partial charge in [-0.3, -0.25) is 0 Å². The van der Waals surface area contributed by atoms with Crippen LogP contribution in [0.5, 0.6) is 0 Å². The second-order valence-corrected chi connectivity index (χ2v) is 14.2. The fourth-order valence-corrected chi connectivity index (χ4v) is 8.36. The van der Waals surface area contributed by atoms with Gasteiger partial charge in [-0.25, -0.2) is 0 Å². The highest BCUT2D eigenvalue weighted by atomic mass is 16.3. The fraction of sp³-hybridized carbons (Fsp3) is 0. The van der Waals surface area contributed by atoms with Gasteiger partial charge in [-0.15, -0.1) is 0 Å². The number of hydrogen-bond acceptors (Lipinski definition) is 2. The van der Waals surface area contributed by atoms with Crippen LogP contribution in [0.2, 0.25) is 0 Å². The first-order chi connectivity index (χ1) is 27.3. The lowest BCUT2D eigenvalue weighted by Crippen LogP contribution is -2.10. The number of aromatic nitrogens is 1. The van der Waals surface area contributed by atoms with Crippen molar-refractivity contribution < 1.29 is 4.42 Å². The van der Waals surface area contributed by atoms with E-state index in [9.17, 15) is 0 Å². The molecule has 3 heteroatoms. The van der Waals surface area contributed by atoms with E-state index in [0.717, 1.165) is 50.3 Å². The molecule has 3 nitrogen and oxygen atoms in total. The van der Waals surface area contributed by atoms with Crippen LogP contribution in [0.3, 0.4) is 0 Å². The van der Waals surface area contributed by atoms with Crippen molar-refractivity contribution in [2.24, 2.45) is 0 Å². The Balaban J connectivity index is 1.06. The van der Waals surface area contributed by atoms with E-state index in [1.807, 2.05) is 12.1 Å². The molecule has 0 aliphatic rings. The summed E-state index contributed by atoms with van der Waals surface area (Å²) in [6, 6.07) is 74.0. The SMILES string of the molecule is c1ccc(-c2cccc(N(c3ccc(-c4ccc5c6ccc7ccccc7c6n(-c6ccccc6)c5c4)cc3)c3ccc4oc5ccccc5c4c3)c2)cc1. The van der Waals surface area contributed by atoms with Gasteiger partial charge in [0, 0.05) is 49.7 Å². The standard InChI is InChI=1S/C52H34N2O/c1-3-12-35(13-4-1)38-15-11-18-42(32-38)53(43-28-31-51-48(34-43)46-20-9-10-21-50(46)55-51)41-26-22-36(23-27-41)39-25-29-45-47-30-24-37-14-7-8-19-44(37)52(47)54(49(45)33-39)40-16-5-2-6-17-40/h1-34H. The first-order valence-electron chi connectivity index (χ1n) is 18.8. The van der Waals surface area contributed by atoms with E-state index in [-0.39, 0.29) is 0 Å². The zero-order valence-electron chi connectivity index (χ0n) is 29.9. The second-order valence-electron chi connectivity index (χ2n) is 14.2. The molecule has 0 aliphatic carbocycles. The van der Waals surface area contributed by atoms with E-state index in [1.165, 1.54) is 49.3 Å². The molecule has 258 valence electrons. The third kappa shape index (κ3) is 5.20. The van der Waals surface area contributed by atoms with Crippen LogP contribution in [0.15, 0.2) is 211 Å². The van der Waals surface area contributed by atoms with E-state index in [0.29, 0.717) is 0 Å². The van der Waals surface area contributed by atoms with Crippen LogP contribution in [0, 0.1) is 0 Å². The van der Waals surface area contributed by atoms with Crippen LogP contribution in [0.1, 0.15) is 0 Å². The topological polar surface area (TPSA) is 21.3 Å². The van der Waals surface area contributed by atoms with Gasteiger partial charge in [-0.1, -0.05) is 140 Å². The average molecular weight is 703 g/mol. The van der Waals surface area contributed by atoms with E-state index in [1.54, 1.807) is 0 Å². The summed E-state index contributed by atoms with van der Waals surface area (Å²) in [6.07, 6.45) is 0. The lowest BCUT2D eigenvalue weighted by molar-refractivity contribution is 0.669. The zero-order valence-corrected chi connectivity index (χ0v) is 29.9. The predicted octanol–water partition coefficient (Wildman–Crippen LogP) is 14.6. The number of para-hydroxylation sites is 2. The Morgan fingerprint density at radius 3 is 1.82 bits per heavy atom. The third-order valence-electron chi connectivity index (χ3n) is 11.0. The van der Waals surface area contributed by atoms with Crippen molar-refractivity contribution in [1.29, 1.82) is 0 Å². The molecule has 0 saturated heterocycles. The highest BCUT2D eigenvalue weighted by Gasteiger charge is 2.18. The van der Waals surface area contributed by atoms with Gasteiger partial charge in [0.25, 0.3) is 0 Å². The van der Waals surface area contributed by atoms with Crippen molar-refractivity contribution in [2.75, 3.05) is 4.90 Å². The molecule has 9 aromatic carbocycles. The number of furan rings is 1. The number of fused-ring (bicyclic) bond motifs is 8. The molecule has 11 rings (SSSR count). The second kappa shape index (κ2) is 12.6. The molecule has 0 N–H and O–H groups in total. The molecule has 55 heavy (non-hydrogen) atoms. The van der Waals surface area contributed by atoms with E-state index >= 15 is 0 Å². The monoisotopic (exact) mass is 702 g/mol. The molecule has 0 unspecified atom stereocenters. The molecule has 2 heterocycles. The van der Waals surface area contributed by atoms with Crippen molar-refractivity contribution >= 4 is 71.6 Å². The zero-order chi connectivity index (χ0) is 36.3. The third-order valence-corrected chi connectivity index (χ3v) is 11.0. The number of rotatable bonds is 6. The molecule has 11 aromatic rings. The Hall–Kier alpha value is -7.36. The first-order valence-corrected chi connectivity index (χ1v) is 18.8. The summed E-state index contributed by atoms with van der Waals surface area (Å²) in [7, 11) is 0. The highest BCUT2D eigenvalue weighted by Crippen LogP contribution is 2.42. The molecule has 0 fully saturated rings. The van der Waals surface area contributed by atoms with Crippen molar-refractivity contribution in [1.82, 2.24) is 4.57 Å². The van der Waals surface area contributed by atoms with Gasteiger partial charge >= 0.3 is 0 Å². The van der Waals surface area contributed by atoms with Crippen LogP contribution >= 0.6 is 0 Å². The minimum atomic E-state index is 0.884. The molecular weight excluding hydrogens is 669 g/mol. The molecule has 0 spiro atoms. The largest absolute Gasteiger partial charge is 0.456 e.